The van der Waals surface area contributed by atoms with Crippen molar-refractivity contribution in [1.82, 2.24) is 4.57 Å². The van der Waals surface area contributed by atoms with Gasteiger partial charge in [0, 0.05) is 16.8 Å². The van der Waals surface area contributed by atoms with Crippen LogP contribution in [0.3, 0.4) is 0 Å². The Balaban J connectivity index is 2.60. The molecule has 3 heterocycles. The molecule has 0 spiro atoms. The molecule has 23 heavy (non-hydrogen) atoms. The van der Waals surface area contributed by atoms with E-state index >= 15 is 0 Å². The Morgan fingerprint density at radius 3 is 2.00 bits per heavy atom. The van der Waals surface area contributed by atoms with E-state index < -0.39 is 0 Å². The van der Waals surface area contributed by atoms with E-state index in [1.807, 2.05) is 12.1 Å². The minimum absolute atomic E-state index is 0.0158. The Labute approximate surface area is 143 Å². The van der Waals surface area contributed by atoms with Gasteiger partial charge in [-0.05, 0) is 23.5 Å². The van der Waals surface area contributed by atoms with Gasteiger partial charge in [-0.25, -0.2) is 0 Å². The van der Waals surface area contributed by atoms with Gasteiger partial charge in [0.2, 0.25) is 0 Å². The Morgan fingerprint density at radius 2 is 1.48 bits per heavy atom. The molecule has 5 heteroatoms. The van der Waals surface area contributed by atoms with Crippen molar-refractivity contribution in [3.63, 3.8) is 0 Å². The summed E-state index contributed by atoms with van der Waals surface area (Å²) in [6.45, 7) is 10.7. The first-order valence-corrected chi connectivity index (χ1v) is 9.35. The van der Waals surface area contributed by atoms with E-state index in [0.29, 0.717) is 16.7 Å². The lowest BCUT2D eigenvalue weighted by atomic mass is 9.94. The molecule has 3 rings (SSSR count). The van der Waals surface area contributed by atoms with Crippen LogP contribution in [0.1, 0.15) is 50.3 Å². The van der Waals surface area contributed by atoms with Crippen LogP contribution in [0, 0.1) is 0 Å². The van der Waals surface area contributed by atoms with Crippen LogP contribution in [0.15, 0.2) is 21.7 Å². The predicted octanol–water partition coefficient (Wildman–Crippen LogP) is 4.60. The normalized spacial score (nSPS) is 12.7. The SMILES string of the molecule is CC(C)c1cc2c(=O)n(C)c(=O)c3cc(C(C)(C)C)sc3c2s1. The van der Waals surface area contributed by atoms with Crippen molar-refractivity contribution in [3.8, 4) is 0 Å². The molecule has 3 aromatic heterocycles. The quantitative estimate of drug-likeness (QED) is 0.645. The van der Waals surface area contributed by atoms with Gasteiger partial charge in [0.15, 0.2) is 0 Å². The van der Waals surface area contributed by atoms with Crippen molar-refractivity contribution in [2.45, 2.75) is 46.0 Å². The number of thiophene rings is 2. The molecule has 0 aliphatic heterocycles. The maximum atomic E-state index is 12.7. The summed E-state index contributed by atoms with van der Waals surface area (Å²) in [5, 5.41) is 1.32. The summed E-state index contributed by atoms with van der Waals surface area (Å²) in [6, 6.07) is 3.93. The van der Waals surface area contributed by atoms with Crippen molar-refractivity contribution in [3.05, 3.63) is 42.6 Å². The molecule has 122 valence electrons. The predicted molar refractivity (Wildman–Crippen MR) is 102 cm³/mol. The van der Waals surface area contributed by atoms with E-state index in [1.165, 1.54) is 14.3 Å². The first-order chi connectivity index (χ1) is 10.6. The zero-order chi connectivity index (χ0) is 17.1. The van der Waals surface area contributed by atoms with Crippen molar-refractivity contribution >= 4 is 42.8 Å². The lowest BCUT2D eigenvalue weighted by Gasteiger charge is -2.14. The minimum atomic E-state index is -0.203. The molecule has 0 atom stereocenters. The van der Waals surface area contributed by atoms with Gasteiger partial charge in [0.25, 0.3) is 11.1 Å². The van der Waals surface area contributed by atoms with Crippen LogP contribution in [0.2, 0.25) is 0 Å². The number of hydrogen-bond acceptors (Lipinski definition) is 4. The molecular weight excluding hydrogens is 326 g/mol. The minimum Gasteiger partial charge on any atom is -0.277 e. The smallest absolute Gasteiger partial charge is 0.261 e. The van der Waals surface area contributed by atoms with E-state index in [-0.39, 0.29) is 16.5 Å². The van der Waals surface area contributed by atoms with E-state index in [1.54, 1.807) is 29.7 Å². The summed E-state index contributed by atoms with van der Waals surface area (Å²) in [4.78, 5) is 27.7. The zero-order valence-electron chi connectivity index (χ0n) is 14.3. The highest BCUT2D eigenvalue weighted by atomic mass is 32.1. The summed E-state index contributed by atoms with van der Waals surface area (Å²) in [5.41, 5.74) is -0.419. The third kappa shape index (κ3) is 2.56. The average molecular weight is 348 g/mol. The second kappa shape index (κ2) is 5.28. The molecule has 0 N–H and O–H groups in total. The fourth-order valence-electron chi connectivity index (χ4n) is 2.56. The Kier molecular flexibility index (Phi) is 3.76. The maximum Gasteiger partial charge on any atom is 0.261 e. The van der Waals surface area contributed by atoms with Crippen LogP contribution in [-0.4, -0.2) is 4.57 Å². The van der Waals surface area contributed by atoms with Crippen LogP contribution in [0.25, 0.3) is 20.2 Å². The summed E-state index contributed by atoms with van der Waals surface area (Å²) in [7, 11) is 1.57. The van der Waals surface area contributed by atoms with Crippen molar-refractivity contribution in [1.29, 1.82) is 0 Å². The lowest BCUT2D eigenvalue weighted by Crippen LogP contribution is -2.26. The molecule has 0 radical (unpaired) electrons. The van der Waals surface area contributed by atoms with Gasteiger partial charge in [-0.3, -0.25) is 14.2 Å². The van der Waals surface area contributed by atoms with Gasteiger partial charge in [-0.2, -0.15) is 0 Å². The number of aromatic nitrogens is 1. The molecule has 0 bridgehead atoms. The van der Waals surface area contributed by atoms with Gasteiger partial charge in [0.1, 0.15) is 0 Å². The first-order valence-electron chi connectivity index (χ1n) is 7.72. The molecule has 3 nitrogen and oxygen atoms in total. The highest BCUT2D eigenvalue weighted by molar-refractivity contribution is 7.27. The zero-order valence-corrected chi connectivity index (χ0v) is 15.9. The number of nitrogens with zero attached hydrogens (tertiary/aromatic N) is 1. The molecule has 3 aromatic rings. The van der Waals surface area contributed by atoms with Crippen LogP contribution in [-0.2, 0) is 12.5 Å². The number of fused-ring (bicyclic) bond motifs is 3. The van der Waals surface area contributed by atoms with Crippen molar-refractivity contribution < 1.29 is 0 Å². The van der Waals surface area contributed by atoms with Gasteiger partial charge < -0.3 is 0 Å². The third-order valence-electron chi connectivity index (χ3n) is 4.07. The third-order valence-corrected chi connectivity index (χ3v) is 7.23. The van der Waals surface area contributed by atoms with E-state index in [9.17, 15) is 9.59 Å². The van der Waals surface area contributed by atoms with E-state index in [0.717, 1.165) is 9.40 Å². The molecular formula is C18H21NO2S2. The summed E-state index contributed by atoms with van der Waals surface area (Å²) >= 11 is 3.28. The van der Waals surface area contributed by atoms with Crippen molar-refractivity contribution in [2.75, 3.05) is 0 Å². The topological polar surface area (TPSA) is 39.1 Å². The lowest BCUT2D eigenvalue weighted by molar-refractivity contribution is 0.604. The highest BCUT2D eigenvalue weighted by Crippen LogP contribution is 2.39. The molecule has 0 aromatic carbocycles. The van der Waals surface area contributed by atoms with E-state index in [2.05, 4.69) is 34.6 Å². The second-order valence-electron chi connectivity index (χ2n) is 7.32. The van der Waals surface area contributed by atoms with Gasteiger partial charge >= 0.3 is 0 Å². The number of rotatable bonds is 1. The number of hydrogen-bond donors (Lipinski definition) is 0. The van der Waals surface area contributed by atoms with Crippen LogP contribution in [0.5, 0.6) is 0 Å². The van der Waals surface area contributed by atoms with Crippen LogP contribution in [0.4, 0.5) is 0 Å². The molecule has 0 aliphatic carbocycles. The van der Waals surface area contributed by atoms with Gasteiger partial charge in [0.05, 0.1) is 20.2 Å². The molecule has 0 saturated heterocycles. The fraction of sp³-hybridized carbons (Fsp3) is 0.444. The highest BCUT2D eigenvalue weighted by Gasteiger charge is 2.21. The second-order valence-corrected chi connectivity index (χ2v) is 9.46. The fourth-order valence-corrected chi connectivity index (χ4v) is 5.08. The summed E-state index contributed by atoms with van der Waals surface area (Å²) in [6.07, 6.45) is 0. The maximum absolute atomic E-state index is 12.7. The molecule has 0 aliphatic rings. The molecule has 0 unspecified atom stereocenters. The monoisotopic (exact) mass is 347 g/mol. The standard InChI is InChI=1S/C18H21NO2S2/c1-9(2)12-7-10-14(22-12)15-11(17(21)19(6)16(10)20)8-13(23-15)18(3,4)5/h7-9H,1-6H3. The Bertz CT molecular complexity index is 1030. The van der Waals surface area contributed by atoms with Crippen molar-refractivity contribution in [2.24, 2.45) is 7.05 Å². The summed E-state index contributed by atoms with van der Waals surface area (Å²) < 4.78 is 3.15. The van der Waals surface area contributed by atoms with Gasteiger partial charge in [-0.15, -0.1) is 22.7 Å². The summed E-state index contributed by atoms with van der Waals surface area (Å²) in [5.74, 6) is 0.367. The van der Waals surface area contributed by atoms with E-state index in [4.69, 9.17) is 0 Å². The van der Waals surface area contributed by atoms with Crippen LogP contribution < -0.4 is 11.1 Å². The van der Waals surface area contributed by atoms with Gasteiger partial charge in [-0.1, -0.05) is 34.6 Å². The molecule has 0 amide bonds. The van der Waals surface area contributed by atoms with Crippen LogP contribution >= 0.6 is 22.7 Å². The first kappa shape index (κ1) is 16.4. The Hall–Kier alpha value is -1.46. The Morgan fingerprint density at radius 1 is 0.957 bits per heavy atom. The largest absolute Gasteiger partial charge is 0.277 e. The molecule has 0 saturated carbocycles. The average Bonchev–Trinajstić information content (AvgIpc) is 3.06. The molecule has 0 fully saturated rings.